The van der Waals surface area contributed by atoms with Gasteiger partial charge in [-0.3, -0.25) is 14.5 Å². The van der Waals surface area contributed by atoms with Crippen molar-refractivity contribution in [3.05, 3.63) is 65.5 Å². The van der Waals surface area contributed by atoms with Crippen molar-refractivity contribution >= 4 is 17.5 Å². The summed E-state index contributed by atoms with van der Waals surface area (Å²) in [5, 5.41) is 5.21. The second-order valence-electron chi connectivity index (χ2n) is 6.99. The fourth-order valence-corrected chi connectivity index (χ4v) is 3.12. The van der Waals surface area contributed by atoms with Crippen LogP contribution in [-0.2, 0) is 11.3 Å². The normalized spacial score (nSPS) is 15.2. The highest BCUT2D eigenvalue weighted by Gasteiger charge is 2.15. The van der Waals surface area contributed by atoms with E-state index in [1.54, 1.807) is 6.07 Å². The molecule has 1 aliphatic rings. The number of likely N-dealkylation sites (N-methyl/N-ethyl adjacent to an activating group) is 1. The summed E-state index contributed by atoms with van der Waals surface area (Å²) in [6.07, 6.45) is 0. The Kier molecular flexibility index (Phi) is 6.73. The van der Waals surface area contributed by atoms with E-state index in [0.29, 0.717) is 5.69 Å². The Bertz CT molecular complexity index is 835. The number of carbonyl (C=O) groups is 2. The van der Waals surface area contributed by atoms with Gasteiger partial charge in [0.25, 0.3) is 5.91 Å². The number of hydrogen-bond acceptors (Lipinski definition) is 4. The number of hydrogen-bond donors (Lipinski definition) is 2. The highest BCUT2D eigenvalue weighted by molar-refractivity contribution is 5.99. The third-order valence-corrected chi connectivity index (χ3v) is 4.74. The van der Waals surface area contributed by atoms with Crippen LogP contribution in [0.25, 0.3) is 0 Å². The van der Waals surface area contributed by atoms with Gasteiger partial charge >= 0.3 is 0 Å². The van der Waals surface area contributed by atoms with Gasteiger partial charge in [0.2, 0.25) is 5.91 Å². The molecular formula is C21H25FN4O2. The SMILES string of the molecule is CN1CCN(Cc2cccc(NC(=O)CNC(=O)c3ccccc3F)c2)CC1. The number of nitrogens with one attached hydrogen (secondary N) is 2. The Labute approximate surface area is 164 Å². The molecular weight excluding hydrogens is 359 g/mol. The lowest BCUT2D eigenvalue weighted by Crippen LogP contribution is -2.43. The van der Waals surface area contributed by atoms with Gasteiger partial charge in [-0.1, -0.05) is 24.3 Å². The van der Waals surface area contributed by atoms with E-state index < -0.39 is 11.7 Å². The lowest BCUT2D eigenvalue weighted by Gasteiger charge is -2.32. The van der Waals surface area contributed by atoms with Crippen LogP contribution in [0.1, 0.15) is 15.9 Å². The molecule has 0 atom stereocenters. The van der Waals surface area contributed by atoms with E-state index >= 15 is 0 Å². The highest BCUT2D eigenvalue weighted by atomic mass is 19.1. The molecule has 0 bridgehead atoms. The van der Waals surface area contributed by atoms with E-state index in [-0.39, 0.29) is 18.0 Å². The van der Waals surface area contributed by atoms with Gasteiger partial charge in [-0.2, -0.15) is 0 Å². The molecule has 28 heavy (non-hydrogen) atoms. The van der Waals surface area contributed by atoms with Gasteiger partial charge < -0.3 is 15.5 Å². The topological polar surface area (TPSA) is 64.7 Å². The van der Waals surface area contributed by atoms with Crippen LogP contribution in [0, 0.1) is 5.82 Å². The van der Waals surface area contributed by atoms with Crippen LogP contribution < -0.4 is 10.6 Å². The van der Waals surface area contributed by atoms with Gasteiger partial charge in [0.15, 0.2) is 0 Å². The lowest BCUT2D eigenvalue weighted by molar-refractivity contribution is -0.115. The van der Waals surface area contributed by atoms with Crippen molar-refractivity contribution in [1.29, 1.82) is 0 Å². The maximum absolute atomic E-state index is 13.6. The summed E-state index contributed by atoms with van der Waals surface area (Å²) in [6.45, 7) is 4.76. The minimum Gasteiger partial charge on any atom is -0.343 e. The molecule has 0 saturated carbocycles. The largest absolute Gasteiger partial charge is 0.343 e. The molecule has 6 nitrogen and oxygen atoms in total. The molecule has 1 saturated heterocycles. The number of nitrogens with zero attached hydrogens (tertiary/aromatic N) is 2. The summed E-state index contributed by atoms with van der Waals surface area (Å²) in [5.74, 6) is -1.59. The summed E-state index contributed by atoms with van der Waals surface area (Å²) >= 11 is 0. The van der Waals surface area contributed by atoms with E-state index in [9.17, 15) is 14.0 Å². The monoisotopic (exact) mass is 384 g/mol. The van der Waals surface area contributed by atoms with Crippen LogP contribution in [0.4, 0.5) is 10.1 Å². The molecule has 2 N–H and O–H groups in total. The second-order valence-corrected chi connectivity index (χ2v) is 6.99. The molecule has 1 aliphatic heterocycles. The Morgan fingerprint density at radius 2 is 1.79 bits per heavy atom. The summed E-state index contributed by atoms with van der Waals surface area (Å²) in [6, 6.07) is 13.4. The Morgan fingerprint density at radius 3 is 2.54 bits per heavy atom. The standard InChI is InChI=1S/C21H25FN4O2/c1-25-9-11-26(12-10-25)15-16-5-4-6-17(13-16)24-20(27)14-23-21(28)18-7-2-3-8-19(18)22/h2-8,13H,9-12,14-15H2,1H3,(H,23,28)(H,24,27). The molecule has 1 heterocycles. The van der Waals surface area contributed by atoms with Gasteiger partial charge in [-0.25, -0.2) is 4.39 Å². The van der Waals surface area contributed by atoms with Gasteiger partial charge in [0, 0.05) is 38.4 Å². The van der Waals surface area contributed by atoms with Crippen LogP contribution in [0.3, 0.4) is 0 Å². The molecule has 0 radical (unpaired) electrons. The number of piperazine rings is 1. The van der Waals surface area contributed by atoms with Crippen molar-refractivity contribution in [2.45, 2.75) is 6.54 Å². The molecule has 2 aromatic carbocycles. The summed E-state index contributed by atoms with van der Waals surface area (Å²) in [4.78, 5) is 28.8. The number of benzene rings is 2. The third kappa shape index (κ3) is 5.61. The Hall–Kier alpha value is -2.77. The first-order valence-electron chi connectivity index (χ1n) is 9.33. The molecule has 0 aliphatic carbocycles. The van der Waals surface area contributed by atoms with E-state index in [4.69, 9.17) is 0 Å². The predicted molar refractivity (Wildman–Crippen MR) is 107 cm³/mol. The van der Waals surface area contributed by atoms with Crippen LogP contribution in [0.15, 0.2) is 48.5 Å². The highest BCUT2D eigenvalue weighted by Crippen LogP contribution is 2.14. The van der Waals surface area contributed by atoms with Gasteiger partial charge in [-0.15, -0.1) is 0 Å². The fourth-order valence-electron chi connectivity index (χ4n) is 3.12. The molecule has 0 aromatic heterocycles. The minimum atomic E-state index is -0.614. The molecule has 2 amide bonds. The smallest absolute Gasteiger partial charge is 0.254 e. The van der Waals surface area contributed by atoms with Crippen LogP contribution in [-0.4, -0.2) is 61.4 Å². The quantitative estimate of drug-likeness (QED) is 0.799. The average molecular weight is 384 g/mol. The second kappa shape index (κ2) is 9.43. The Morgan fingerprint density at radius 1 is 1.04 bits per heavy atom. The number of anilines is 1. The van der Waals surface area contributed by atoms with E-state index in [0.717, 1.165) is 38.3 Å². The van der Waals surface area contributed by atoms with E-state index in [2.05, 4.69) is 27.5 Å². The summed E-state index contributed by atoms with van der Waals surface area (Å²) in [7, 11) is 2.12. The van der Waals surface area contributed by atoms with Gasteiger partial charge in [0.1, 0.15) is 5.82 Å². The zero-order valence-electron chi connectivity index (χ0n) is 16.0. The van der Waals surface area contributed by atoms with Gasteiger partial charge in [-0.05, 0) is 36.9 Å². The van der Waals surface area contributed by atoms with E-state index in [1.165, 1.54) is 18.2 Å². The molecule has 0 spiro atoms. The molecule has 3 rings (SSSR count). The Balaban J connectivity index is 1.50. The number of rotatable bonds is 6. The zero-order chi connectivity index (χ0) is 19.9. The van der Waals surface area contributed by atoms with Crippen LogP contribution >= 0.6 is 0 Å². The molecule has 2 aromatic rings. The van der Waals surface area contributed by atoms with Crippen molar-refractivity contribution in [2.75, 3.05) is 45.1 Å². The maximum Gasteiger partial charge on any atom is 0.254 e. The minimum absolute atomic E-state index is 0.0792. The molecule has 7 heteroatoms. The zero-order valence-corrected chi connectivity index (χ0v) is 16.0. The summed E-state index contributed by atoms with van der Waals surface area (Å²) in [5.41, 5.74) is 1.72. The number of halogens is 1. The van der Waals surface area contributed by atoms with Crippen molar-refractivity contribution in [3.8, 4) is 0 Å². The molecule has 1 fully saturated rings. The number of amides is 2. The molecule has 0 unspecified atom stereocenters. The van der Waals surface area contributed by atoms with Crippen molar-refractivity contribution in [3.63, 3.8) is 0 Å². The predicted octanol–water partition coefficient (Wildman–Crippen LogP) is 1.94. The first-order chi connectivity index (χ1) is 13.5. The maximum atomic E-state index is 13.6. The average Bonchev–Trinajstić information content (AvgIpc) is 2.68. The van der Waals surface area contributed by atoms with Crippen LogP contribution in [0.2, 0.25) is 0 Å². The van der Waals surface area contributed by atoms with Crippen molar-refractivity contribution < 1.29 is 14.0 Å². The molecule has 148 valence electrons. The lowest BCUT2D eigenvalue weighted by atomic mass is 10.1. The number of carbonyl (C=O) groups excluding carboxylic acids is 2. The third-order valence-electron chi connectivity index (χ3n) is 4.74. The van der Waals surface area contributed by atoms with Crippen molar-refractivity contribution in [1.82, 2.24) is 15.1 Å². The van der Waals surface area contributed by atoms with Gasteiger partial charge in [0.05, 0.1) is 12.1 Å². The summed E-state index contributed by atoms with van der Waals surface area (Å²) < 4.78 is 13.6. The first-order valence-corrected chi connectivity index (χ1v) is 9.33. The fraction of sp³-hybridized carbons (Fsp3) is 0.333. The first kappa shape index (κ1) is 20.0. The van der Waals surface area contributed by atoms with Crippen LogP contribution in [0.5, 0.6) is 0 Å². The van der Waals surface area contributed by atoms with Crippen molar-refractivity contribution in [2.24, 2.45) is 0 Å². The van der Waals surface area contributed by atoms with E-state index in [1.807, 2.05) is 24.3 Å².